The van der Waals surface area contributed by atoms with Crippen LogP contribution in [0.4, 0.5) is 4.39 Å². The number of hydrogen-bond acceptors (Lipinski definition) is 3. The van der Waals surface area contributed by atoms with Gasteiger partial charge in [-0.2, -0.15) is 0 Å². The predicted octanol–water partition coefficient (Wildman–Crippen LogP) is 2.98. The topological polar surface area (TPSA) is 59.2 Å². The number of benzene rings is 1. The maximum atomic E-state index is 13.1. The highest BCUT2D eigenvalue weighted by molar-refractivity contribution is 5.73. The van der Waals surface area contributed by atoms with Crippen LogP contribution in [-0.2, 0) is 17.8 Å². The molecule has 1 amide bonds. The van der Waals surface area contributed by atoms with Crippen LogP contribution in [0.1, 0.15) is 42.3 Å². The van der Waals surface area contributed by atoms with Gasteiger partial charge in [-0.15, -0.1) is 0 Å². The summed E-state index contributed by atoms with van der Waals surface area (Å²) in [5.41, 5.74) is 8.26. The van der Waals surface area contributed by atoms with Gasteiger partial charge in [0.15, 0.2) is 0 Å². The van der Waals surface area contributed by atoms with Gasteiger partial charge in [-0.25, -0.2) is 4.39 Å². The van der Waals surface area contributed by atoms with E-state index in [9.17, 15) is 9.18 Å². The SMILES string of the molecule is NC(=O)CCc1cccc([C@@H]2CCCN2Cc2ccc(F)cc2)n1. The first-order chi connectivity index (χ1) is 11.6. The third-order valence-corrected chi connectivity index (χ3v) is 4.46. The van der Waals surface area contributed by atoms with Crippen molar-refractivity contribution in [2.45, 2.75) is 38.3 Å². The van der Waals surface area contributed by atoms with E-state index in [0.717, 1.165) is 42.9 Å². The number of carbonyl (C=O) groups is 1. The second-order valence-corrected chi connectivity index (χ2v) is 6.28. The van der Waals surface area contributed by atoms with Crippen LogP contribution >= 0.6 is 0 Å². The zero-order chi connectivity index (χ0) is 16.9. The van der Waals surface area contributed by atoms with Gasteiger partial charge in [-0.3, -0.25) is 14.7 Å². The molecule has 2 heterocycles. The van der Waals surface area contributed by atoms with Crippen molar-refractivity contribution >= 4 is 5.91 Å². The van der Waals surface area contributed by atoms with Crippen molar-refractivity contribution in [2.24, 2.45) is 5.73 Å². The molecule has 1 aliphatic rings. The molecule has 0 aliphatic carbocycles. The highest BCUT2D eigenvalue weighted by Crippen LogP contribution is 2.32. The summed E-state index contributed by atoms with van der Waals surface area (Å²) in [6.07, 6.45) is 3.08. The predicted molar refractivity (Wildman–Crippen MR) is 90.5 cm³/mol. The normalized spacial score (nSPS) is 18.0. The fourth-order valence-corrected chi connectivity index (χ4v) is 3.25. The molecule has 5 heteroatoms. The Kier molecular flexibility index (Phi) is 5.20. The van der Waals surface area contributed by atoms with Crippen molar-refractivity contribution in [1.29, 1.82) is 0 Å². The molecule has 0 saturated carbocycles. The zero-order valence-electron chi connectivity index (χ0n) is 13.6. The largest absolute Gasteiger partial charge is 0.370 e. The molecule has 0 bridgehead atoms. The number of amides is 1. The summed E-state index contributed by atoms with van der Waals surface area (Å²) < 4.78 is 13.1. The molecule has 1 saturated heterocycles. The number of primary amides is 1. The lowest BCUT2D eigenvalue weighted by Gasteiger charge is -2.24. The van der Waals surface area contributed by atoms with Gasteiger partial charge < -0.3 is 5.73 Å². The van der Waals surface area contributed by atoms with Crippen LogP contribution in [0.15, 0.2) is 42.5 Å². The lowest BCUT2D eigenvalue weighted by atomic mass is 10.1. The van der Waals surface area contributed by atoms with Gasteiger partial charge in [0.05, 0.1) is 11.7 Å². The van der Waals surface area contributed by atoms with Gasteiger partial charge in [0, 0.05) is 18.7 Å². The number of carbonyl (C=O) groups excluding carboxylic acids is 1. The molecule has 1 aromatic heterocycles. The Hall–Kier alpha value is -2.27. The Labute approximate surface area is 141 Å². The monoisotopic (exact) mass is 327 g/mol. The number of halogens is 1. The first kappa shape index (κ1) is 16.6. The van der Waals surface area contributed by atoms with Crippen LogP contribution in [0.5, 0.6) is 0 Å². The molecule has 2 aromatic rings. The Balaban J connectivity index is 1.71. The summed E-state index contributed by atoms with van der Waals surface area (Å²) in [7, 11) is 0. The van der Waals surface area contributed by atoms with E-state index >= 15 is 0 Å². The summed E-state index contributed by atoms with van der Waals surface area (Å²) in [5.74, 6) is -0.512. The highest BCUT2D eigenvalue weighted by Gasteiger charge is 2.27. The van der Waals surface area contributed by atoms with Crippen molar-refractivity contribution < 1.29 is 9.18 Å². The van der Waals surface area contributed by atoms with E-state index in [4.69, 9.17) is 10.7 Å². The number of aryl methyl sites for hydroxylation is 1. The van der Waals surface area contributed by atoms with E-state index < -0.39 is 0 Å². The number of nitrogens with zero attached hydrogens (tertiary/aromatic N) is 2. The summed E-state index contributed by atoms with van der Waals surface area (Å²) >= 11 is 0. The Bertz CT molecular complexity index is 702. The standard InChI is InChI=1S/C19H22FN3O/c20-15-8-6-14(7-9-15)13-23-12-2-5-18(23)17-4-1-3-16(22-17)10-11-19(21)24/h1,3-4,6-9,18H,2,5,10-13H2,(H2,21,24)/t18-/m0/s1. The van der Waals surface area contributed by atoms with Crippen molar-refractivity contribution in [3.05, 3.63) is 65.2 Å². The molecule has 1 aliphatic heterocycles. The van der Waals surface area contributed by atoms with Crippen LogP contribution in [-0.4, -0.2) is 22.3 Å². The minimum Gasteiger partial charge on any atom is -0.370 e. The van der Waals surface area contributed by atoms with Gasteiger partial charge >= 0.3 is 0 Å². The molecule has 126 valence electrons. The minimum atomic E-state index is -0.305. The number of nitrogens with two attached hydrogens (primary N) is 1. The van der Waals surface area contributed by atoms with Crippen LogP contribution in [0.25, 0.3) is 0 Å². The molecule has 2 N–H and O–H groups in total. The fraction of sp³-hybridized carbons (Fsp3) is 0.368. The van der Waals surface area contributed by atoms with E-state index in [0.29, 0.717) is 12.8 Å². The molecular weight excluding hydrogens is 305 g/mol. The smallest absolute Gasteiger partial charge is 0.217 e. The summed E-state index contributed by atoms with van der Waals surface area (Å²) in [5, 5.41) is 0. The average molecular weight is 327 g/mol. The molecule has 0 spiro atoms. The van der Waals surface area contributed by atoms with Crippen LogP contribution in [0.3, 0.4) is 0 Å². The van der Waals surface area contributed by atoms with Crippen molar-refractivity contribution in [2.75, 3.05) is 6.54 Å². The average Bonchev–Trinajstić information content (AvgIpc) is 3.03. The number of pyridine rings is 1. The van der Waals surface area contributed by atoms with Crippen LogP contribution < -0.4 is 5.73 Å². The Morgan fingerprint density at radius 1 is 1.25 bits per heavy atom. The van der Waals surface area contributed by atoms with Crippen molar-refractivity contribution in [3.63, 3.8) is 0 Å². The van der Waals surface area contributed by atoms with Crippen molar-refractivity contribution in [1.82, 2.24) is 9.88 Å². The van der Waals surface area contributed by atoms with E-state index in [1.807, 2.05) is 30.3 Å². The second kappa shape index (κ2) is 7.53. The number of hydrogen-bond donors (Lipinski definition) is 1. The molecule has 4 nitrogen and oxygen atoms in total. The van der Waals surface area contributed by atoms with Gasteiger partial charge in [0.1, 0.15) is 5.82 Å². The maximum Gasteiger partial charge on any atom is 0.217 e. The minimum absolute atomic E-state index is 0.208. The first-order valence-corrected chi connectivity index (χ1v) is 8.34. The second-order valence-electron chi connectivity index (χ2n) is 6.28. The van der Waals surface area contributed by atoms with Gasteiger partial charge in [0.2, 0.25) is 5.91 Å². The Morgan fingerprint density at radius 3 is 2.79 bits per heavy atom. The van der Waals surface area contributed by atoms with Crippen LogP contribution in [0.2, 0.25) is 0 Å². The van der Waals surface area contributed by atoms with Gasteiger partial charge in [0.25, 0.3) is 0 Å². The summed E-state index contributed by atoms with van der Waals surface area (Å²) in [4.78, 5) is 18.1. The quantitative estimate of drug-likeness (QED) is 0.887. The number of aromatic nitrogens is 1. The van der Waals surface area contributed by atoms with Crippen LogP contribution in [0, 0.1) is 5.82 Å². The van der Waals surface area contributed by atoms with E-state index in [1.165, 1.54) is 12.1 Å². The lowest BCUT2D eigenvalue weighted by molar-refractivity contribution is -0.118. The summed E-state index contributed by atoms with van der Waals surface area (Å²) in [6.45, 7) is 1.80. The molecule has 1 aromatic carbocycles. The maximum absolute atomic E-state index is 13.1. The summed E-state index contributed by atoms with van der Waals surface area (Å²) in [6, 6.07) is 12.9. The molecule has 3 rings (SSSR count). The van der Waals surface area contributed by atoms with E-state index in [-0.39, 0.29) is 17.8 Å². The highest BCUT2D eigenvalue weighted by atomic mass is 19.1. The third kappa shape index (κ3) is 4.17. The first-order valence-electron chi connectivity index (χ1n) is 8.34. The molecule has 1 fully saturated rings. The molecule has 0 unspecified atom stereocenters. The number of likely N-dealkylation sites (tertiary alicyclic amines) is 1. The lowest BCUT2D eigenvalue weighted by Crippen LogP contribution is -2.23. The molecule has 0 radical (unpaired) electrons. The van der Waals surface area contributed by atoms with Gasteiger partial charge in [-0.05, 0) is 55.6 Å². The molecule has 24 heavy (non-hydrogen) atoms. The Morgan fingerprint density at radius 2 is 2.04 bits per heavy atom. The van der Waals surface area contributed by atoms with E-state index in [1.54, 1.807) is 0 Å². The van der Waals surface area contributed by atoms with E-state index in [2.05, 4.69) is 4.90 Å². The van der Waals surface area contributed by atoms with Gasteiger partial charge in [-0.1, -0.05) is 18.2 Å². The van der Waals surface area contributed by atoms with Crippen molar-refractivity contribution in [3.8, 4) is 0 Å². The zero-order valence-corrected chi connectivity index (χ0v) is 13.6. The fourth-order valence-electron chi connectivity index (χ4n) is 3.25. The third-order valence-electron chi connectivity index (χ3n) is 4.46. The molecular formula is C19H22FN3O. The molecule has 1 atom stereocenters. The number of rotatable bonds is 6.